The molecular weight excluding hydrogens is 442 g/mol. The highest BCUT2D eigenvalue weighted by atomic mass is 19.4. The van der Waals surface area contributed by atoms with Gasteiger partial charge in [-0.1, -0.05) is 18.2 Å². The molecule has 3 aromatic rings. The molecule has 33 heavy (non-hydrogen) atoms. The predicted octanol–water partition coefficient (Wildman–Crippen LogP) is 4.74. The van der Waals surface area contributed by atoms with Crippen LogP contribution in [0.5, 0.6) is 11.8 Å². The number of rotatable bonds is 9. The van der Waals surface area contributed by atoms with Crippen molar-refractivity contribution in [3.63, 3.8) is 0 Å². The van der Waals surface area contributed by atoms with Gasteiger partial charge in [0, 0.05) is 18.2 Å². The van der Waals surface area contributed by atoms with E-state index in [-0.39, 0.29) is 30.6 Å². The van der Waals surface area contributed by atoms with Gasteiger partial charge in [-0.25, -0.2) is 4.39 Å². The first-order chi connectivity index (χ1) is 15.8. The summed E-state index contributed by atoms with van der Waals surface area (Å²) in [4.78, 5) is 8.63. The molecule has 6 nitrogen and oxygen atoms in total. The normalized spacial score (nSPS) is 15.2. The number of benzene rings is 2. The molecular formula is C23H21F4N3O3. The fraction of sp³-hybridized carbons (Fsp3) is 0.304. The van der Waals surface area contributed by atoms with Crippen LogP contribution in [0.2, 0.25) is 0 Å². The van der Waals surface area contributed by atoms with Crippen LogP contribution in [0.4, 0.5) is 23.4 Å². The van der Waals surface area contributed by atoms with E-state index in [2.05, 4.69) is 15.3 Å². The molecule has 1 atom stereocenters. The first kappa shape index (κ1) is 22.8. The van der Waals surface area contributed by atoms with Crippen LogP contribution >= 0.6 is 0 Å². The molecule has 174 valence electrons. The van der Waals surface area contributed by atoms with E-state index in [1.807, 2.05) is 24.3 Å². The molecule has 4 rings (SSSR count). The molecule has 1 aliphatic heterocycles. The molecule has 1 fully saturated rings. The summed E-state index contributed by atoms with van der Waals surface area (Å²) in [5, 5.41) is 3.05. The Morgan fingerprint density at radius 1 is 1.12 bits per heavy atom. The Bertz CT molecular complexity index is 1120. The van der Waals surface area contributed by atoms with E-state index in [1.54, 1.807) is 6.07 Å². The van der Waals surface area contributed by atoms with Gasteiger partial charge in [-0.2, -0.15) is 23.1 Å². The number of nitrogens with zero attached hydrogens (tertiary/aromatic N) is 2. The molecule has 0 spiro atoms. The number of epoxide rings is 1. The van der Waals surface area contributed by atoms with Crippen molar-refractivity contribution in [1.29, 1.82) is 0 Å². The van der Waals surface area contributed by atoms with Gasteiger partial charge >= 0.3 is 12.2 Å². The lowest BCUT2D eigenvalue weighted by Gasteiger charge is -2.13. The Kier molecular flexibility index (Phi) is 6.64. The number of hydrogen-bond acceptors (Lipinski definition) is 6. The topological polar surface area (TPSA) is 68.8 Å². The molecule has 1 N–H and O–H groups in total. The number of hydrogen-bond donors (Lipinski definition) is 1. The molecule has 1 saturated heterocycles. The molecule has 10 heteroatoms. The summed E-state index contributed by atoms with van der Waals surface area (Å²) >= 11 is 0. The second-order valence-corrected chi connectivity index (χ2v) is 7.37. The van der Waals surface area contributed by atoms with E-state index in [0.29, 0.717) is 36.5 Å². The first-order valence-corrected chi connectivity index (χ1v) is 10.2. The molecule has 1 aliphatic rings. The molecule has 0 bridgehead atoms. The van der Waals surface area contributed by atoms with E-state index in [9.17, 15) is 17.6 Å². The quantitative estimate of drug-likeness (QED) is 0.365. The zero-order valence-corrected chi connectivity index (χ0v) is 17.7. The third-order valence-electron chi connectivity index (χ3n) is 4.96. The number of para-hydroxylation sites is 1. The maximum atomic E-state index is 14.1. The summed E-state index contributed by atoms with van der Waals surface area (Å²) in [6.45, 7) is 1.35. The van der Waals surface area contributed by atoms with Crippen molar-refractivity contribution in [2.24, 2.45) is 0 Å². The summed E-state index contributed by atoms with van der Waals surface area (Å²) in [6.07, 6.45) is -4.33. The number of alkyl halides is 3. The summed E-state index contributed by atoms with van der Waals surface area (Å²) in [5.41, 5.74) is 0.432. The standard InChI is InChI=1S/C23H21F4N3O3/c1-31-22-29-19(17-4-2-3-5-20(17)33-13-16-12-32-16)11-21(30-22)28-9-8-14-6-7-15(10-18(14)24)23(25,26)27/h2-7,10-11,16H,8-9,12-13H2,1H3,(H,28,29,30). The van der Waals surface area contributed by atoms with Gasteiger partial charge in [0.15, 0.2) is 0 Å². The maximum Gasteiger partial charge on any atom is 0.416 e. The second-order valence-electron chi connectivity index (χ2n) is 7.37. The SMILES string of the molecule is COc1nc(NCCc2ccc(C(F)(F)F)cc2F)cc(-c2ccccc2OCC2CO2)n1. The first-order valence-electron chi connectivity index (χ1n) is 10.2. The molecule has 2 heterocycles. The minimum absolute atomic E-state index is 0.0980. The van der Waals surface area contributed by atoms with Crippen molar-refractivity contribution in [2.45, 2.75) is 18.7 Å². The third-order valence-corrected chi connectivity index (χ3v) is 4.96. The number of aromatic nitrogens is 2. The minimum atomic E-state index is -4.59. The summed E-state index contributed by atoms with van der Waals surface area (Å²) in [5.74, 6) is 0.148. The van der Waals surface area contributed by atoms with Gasteiger partial charge in [-0.3, -0.25) is 0 Å². The van der Waals surface area contributed by atoms with Crippen LogP contribution in [0.3, 0.4) is 0 Å². The van der Waals surface area contributed by atoms with E-state index in [4.69, 9.17) is 14.2 Å². The Hall–Kier alpha value is -3.40. The Morgan fingerprint density at radius 3 is 2.61 bits per heavy atom. The zero-order chi connectivity index (χ0) is 23.4. The van der Waals surface area contributed by atoms with Gasteiger partial charge in [0.05, 0.1) is 25.0 Å². The number of halogens is 4. The van der Waals surface area contributed by atoms with Crippen molar-refractivity contribution in [2.75, 3.05) is 32.2 Å². The number of anilines is 1. The highest BCUT2D eigenvalue weighted by molar-refractivity contribution is 5.69. The maximum absolute atomic E-state index is 14.1. The van der Waals surface area contributed by atoms with Crippen LogP contribution < -0.4 is 14.8 Å². The lowest BCUT2D eigenvalue weighted by molar-refractivity contribution is -0.137. The number of ether oxygens (including phenoxy) is 3. The van der Waals surface area contributed by atoms with Crippen LogP contribution in [-0.4, -0.2) is 42.9 Å². The lowest BCUT2D eigenvalue weighted by Crippen LogP contribution is -2.10. The lowest BCUT2D eigenvalue weighted by atomic mass is 10.1. The fourth-order valence-corrected chi connectivity index (χ4v) is 3.15. The Morgan fingerprint density at radius 2 is 1.91 bits per heavy atom. The van der Waals surface area contributed by atoms with Gasteiger partial charge in [-0.05, 0) is 36.2 Å². The average molecular weight is 463 g/mol. The van der Waals surface area contributed by atoms with E-state index < -0.39 is 17.6 Å². The van der Waals surface area contributed by atoms with Crippen LogP contribution in [0.25, 0.3) is 11.3 Å². The zero-order valence-electron chi connectivity index (χ0n) is 17.7. The molecule has 0 aliphatic carbocycles. The molecule has 0 radical (unpaired) electrons. The van der Waals surface area contributed by atoms with Gasteiger partial charge in [-0.15, -0.1) is 0 Å². The largest absolute Gasteiger partial charge is 0.490 e. The van der Waals surface area contributed by atoms with Gasteiger partial charge in [0.2, 0.25) is 0 Å². The van der Waals surface area contributed by atoms with E-state index in [0.717, 1.165) is 17.7 Å². The Labute approximate surface area is 187 Å². The fourth-order valence-electron chi connectivity index (χ4n) is 3.15. The average Bonchev–Trinajstić information content (AvgIpc) is 3.62. The third kappa shape index (κ3) is 5.89. The molecule has 0 saturated carbocycles. The van der Waals surface area contributed by atoms with Crippen LogP contribution in [-0.2, 0) is 17.3 Å². The second kappa shape index (κ2) is 9.62. The predicted molar refractivity (Wildman–Crippen MR) is 113 cm³/mol. The number of methoxy groups -OCH3 is 1. The van der Waals surface area contributed by atoms with Gasteiger partial charge < -0.3 is 19.5 Å². The minimum Gasteiger partial charge on any atom is -0.490 e. The smallest absolute Gasteiger partial charge is 0.416 e. The summed E-state index contributed by atoms with van der Waals surface area (Å²) < 4.78 is 68.5. The van der Waals surface area contributed by atoms with Crippen molar-refractivity contribution < 1.29 is 31.8 Å². The molecule has 1 unspecified atom stereocenters. The van der Waals surface area contributed by atoms with E-state index >= 15 is 0 Å². The van der Waals surface area contributed by atoms with Crippen molar-refractivity contribution >= 4 is 5.82 Å². The van der Waals surface area contributed by atoms with Gasteiger partial charge in [0.1, 0.15) is 30.1 Å². The van der Waals surface area contributed by atoms with Crippen LogP contribution in [0, 0.1) is 5.82 Å². The van der Waals surface area contributed by atoms with Gasteiger partial charge in [0.25, 0.3) is 0 Å². The highest BCUT2D eigenvalue weighted by Gasteiger charge is 2.31. The monoisotopic (exact) mass is 463 g/mol. The molecule has 1 aromatic heterocycles. The van der Waals surface area contributed by atoms with Crippen LogP contribution in [0.1, 0.15) is 11.1 Å². The summed E-state index contributed by atoms with van der Waals surface area (Å²) in [6, 6.07) is 11.7. The highest BCUT2D eigenvalue weighted by Crippen LogP contribution is 2.32. The van der Waals surface area contributed by atoms with Crippen LogP contribution in [0.15, 0.2) is 48.5 Å². The Balaban J connectivity index is 1.48. The van der Waals surface area contributed by atoms with Crippen molar-refractivity contribution in [1.82, 2.24) is 9.97 Å². The van der Waals surface area contributed by atoms with Crippen molar-refractivity contribution in [3.8, 4) is 23.0 Å². The molecule has 0 amide bonds. The van der Waals surface area contributed by atoms with Crippen molar-refractivity contribution in [3.05, 3.63) is 65.5 Å². The molecule has 2 aromatic carbocycles. The van der Waals surface area contributed by atoms with E-state index in [1.165, 1.54) is 7.11 Å². The summed E-state index contributed by atoms with van der Waals surface area (Å²) in [7, 11) is 1.44. The number of nitrogens with one attached hydrogen (secondary N) is 1.